The molecule has 34 heavy (non-hydrogen) atoms. The number of esters is 1. The van der Waals surface area contributed by atoms with Crippen LogP contribution in [0.4, 0.5) is 5.82 Å². The Morgan fingerprint density at radius 2 is 2.12 bits per heavy atom. The van der Waals surface area contributed by atoms with E-state index in [2.05, 4.69) is 49.4 Å². The molecule has 0 radical (unpaired) electrons. The second-order valence-corrected chi connectivity index (χ2v) is 9.29. The number of carbonyl (C=O) groups is 2. The number of carbonyl (C=O) groups excluding carboxylic acids is 2. The minimum Gasteiger partial charge on any atom is -0.469 e. The molecule has 1 aliphatic rings. The first-order valence-corrected chi connectivity index (χ1v) is 11.4. The van der Waals surface area contributed by atoms with Gasteiger partial charge in [-0.3, -0.25) is 19.7 Å². The van der Waals surface area contributed by atoms with Gasteiger partial charge in [0.25, 0.3) is 5.91 Å². The van der Waals surface area contributed by atoms with E-state index in [0.717, 1.165) is 41.8 Å². The molecule has 0 aliphatic heterocycles. The second kappa shape index (κ2) is 10.0. The maximum atomic E-state index is 12.8. The maximum absolute atomic E-state index is 12.8. The third-order valence-electron chi connectivity index (χ3n) is 6.03. The highest BCUT2D eigenvalue weighted by Crippen LogP contribution is 2.38. The number of rotatable bonds is 8. The first-order chi connectivity index (χ1) is 16.3. The number of H-pyrrole nitrogens is 1. The standard InChI is InChI=1S/C25H30N6O3/c1-25(2)8-6-18-20(13-25)30-31-23(18)17-11-19(24(33)27-10-7-22(32)34-3)29-21(12-17)28-15-16-5-4-9-26-14-16/h4-5,9,11-12,14H,6-8,10,13,15H2,1-3H3,(H,27,33)(H,28,29)(H,30,31). The molecule has 0 spiro atoms. The van der Waals surface area contributed by atoms with Gasteiger partial charge in [0.05, 0.1) is 19.2 Å². The first-order valence-electron chi connectivity index (χ1n) is 11.4. The molecule has 3 aromatic rings. The number of fused-ring (bicyclic) bond motifs is 1. The molecule has 0 aromatic carbocycles. The van der Waals surface area contributed by atoms with Crippen LogP contribution in [0.3, 0.4) is 0 Å². The highest BCUT2D eigenvalue weighted by atomic mass is 16.5. The van der Waals surface area contributed by atoms with Gasteiger partial charge < -0.3 is 15.4 Å². The lowest BCUT2D eigenvalue weighted by atomic mass is 9.76. The zero-order valence-electron chi connectivity index (χ0n) is 19.8. The van der Waals surface area contributed by atoms with Gasteiger partial charge in [0.15, 0.2) is 0 Å². The maximum Gasteiger partial charge on any atom is 0.307 e. The van der Waals surface area contributed by atoms with Gasteiger partial charge in [0.2, 0.25) is 0 Å². The van der Waals surface area contributed by atoms with Gasteiger partial charge in [-0.15, -0.1) is 0 Å². The fourth-order valence-electron chi connectivity index (χ4n) is 4.13. The summed E-state index contributed by atoms with van der Waals surface area (Å²) < 4.78 is 4.63. The van der Waals surface area contributed by atoms with Crippen molar-refractivity contribution < 1.29 is 14.3 Å². The lowest BCUT2D eigenvalue weighted by Gasteiger charge is -2.29. The van der Waals surface area contributed by atoms with Crippen molar-refractivity contribution in [3.63, 3.8) is 0 Å². The number of ether oxygens (including phenoxy) is 1. The SMILES string of the molecule is COC(=O)CCNC(=O)c1cc(-c2n[nH]c3c2CCC(C)(C)C3)cc(NCc2cccnc2)n1. The molecule has 3 aromatic heterocycles. The van der Waals surface area contributed by atoms with E-state index in [0.29, 0.717) is 12.4 Å². The van der Waals surface area contributed by atoms with Crippen molar-refractivity contribution in [3.8, 4) is 11.3 Å². The quantitative estimate of drug-likeness (QED) is 0.439. The average molecular weight is 463 g/mol. The zero-order valence-corrected chi connectivity index (χ0v) is 19.8. The molecule has 0 saturated heterocycles. The van der Waals surface area contributed by atoms with Crippen LogP contribution in [0, 0.1) is 5.41 Å². The highest BCUT2D eigenvalue weighted by molar-refractivity contribution is 5.94. The molecule has 0 bridgehead atoms. The van der Waals surface area contributed by atoms with Crippen LogP contribution < -0.4 is 10.6 Å². The number of aromatic amines is 1. The molecule has 4 rings (SSSR count). The summed E-state index contributed by atoms with van der Waals surface area (Å²) in [5.74, 6) is -0.181. The molecular weight excluding hydrogens is 432 g/mol. The van der Waals surface area contributed by atoms with E-state index in [4.69, 9.17) is 0 Å². The normalized spacial score (nSPS) is 14.2. The minimum atomic E-state index is -0.382. The van der Waals surface area contributed by atoms with Crippen LogP contribution in [0.15, 0.2) is 36.7 Å². The number of hydrogen-bond acceptors (Lipinski definition) is 7. The Morgan fingerprint density at radius 1 is 1.26 bits per heavy atom. The number of pyridine rings is 2. The number of aromatic nitrogens is 4. The van der Waals surface area contributed by atoms with E-state index >= 15 is 0 Å². The largest absolute Gasteiger partial charge is 0.469 e. The van der Waals surface area contributed by atoms with E-state index < -0.39 is 0 Å². The molecule has 3 N–H and O–H groups in total. The van der Waals surface area contributed by atoms with Gasteiger partial charge in [-0.25, -0.2) is 4.98 Å². The Bertz CT molecular complexity index is 1170. The van der Waals surface area contributed by atoms with Gasteiger partial charge in [-0.2, -0.15) is 5.10 Å². The molecule has 0 unspecified atom stereocenters. The van der Waals surface area contributed by atoms with E-state index in [9.17, 15) is 9.59 Å². The second-order valence-electron chi connectivity index (χ2n) is 9.29. The van der Waals surface area contributed by atoms with Crippen LogP contribution in [-0.2, 0) is 28.9 Å². The minimum absolute atomic E-state index is 0.0940. The summed E-state index contributed by atoms with van der Waals surface area (Å²) in [5, 5.41) is 13.8. The number of nitrogens with zero attached hydrogens (tertiary/aromatic N) is 3. The molecule has 1 aliphatic carbocycles. The van der Waals surface area contributed by atoms with Crippen LogP contribution in [0.2, 0.25) is 0 Å². The van der Waals surface area contributed by atoms with Crippen molar-refractivity contribution in [2.45, 2.75) is 46.1 Å². The lowest BCUT2D eigenvalue weighted by molar-refractivity contribution is -0.140. The smallest absolute Gasteiger partial charge is 0.307 e. The molecule has 178 valence electrons. The van der Waals surface area contributed by atoms with Crippen LogP contribution in [0.25, 0.3) is 11.3 Å². The molecule has 9 heteroatoms. The Hall–Kier alpha value is -3.75. The van der Waals surface area contributed by atoms with Gasteiger partial charge in [0.1, 0.15) is 11.5 Å². The summed E-state index contributed by atoms with van der Waals surface area (Å²) in [5.41, 5.74) is 5.50. The van der Waals surface area contributed by atoms with E-state index in [1.165, 1.54) is 12.7 Å². The predicted molar refractivity (Wildman–Crippen MR) is 128 cm³/mol. The van der Waals surface area contributed by atoms with E-state index in [1.54, 1.807) is 18.5 Å². The zero-order chi connectivity index (χ0) is 24.1. The van der Waals surface area contributed by atoms with Gasteiger partial charge in [-0.1, -0.05) is 19.9 Å². The fourth-order valence-corrected chi connectivity index (χ4v) is 4.13. The summed E-state index contributed by atoms with van der Waals surface area (Å²) in [6.07, 6.45) is 6.54. The van der Waals surface area contributed by atoms with Crippen LogP contribution in [0.1, 0.15) is 54.0 Å². The fraction of sp³-hybridized carbons (Fsp3) is 0.400. The lowest BCUT2D eigenvalue weighted by Crippen LogP contribution is -2.27. The van der Waals surface area contributed by atoms with Crippen LogP contribution in [0.5, 0.6) is 0 Å². The molecule has 0 saturated carbocycles. The van der Waals surface area contributed by atoms with Gasteiger partial charge in [-0.05, 0) is 48.4 Å². The van der Waals surface area contributed by atoms with Crippen molar-refractivity contribution in [2.24, 2.45) is 5.41 Å². The number of hydrogen-bond donors (Lipinski definition) is 3. The Morgan fingerprint density at radius 3 is 2.88 bits per heavy atom. The van der Waals surface area contributed by atoms with Crippen molar-refractivity contribution in [2.75, 3.05) is 19.0 Å². The summed E-state index contributed by atoms with van der Waals surface area (Å²) >= 11 is 0. The first kappa shape index (κ1) is 23.4. The Labute approximate surface area is 198 Å². The van der Waals surface area contributed by atoms with E-state index in [-0.39, 0.29) is 36.0 Å². The Kier molecular flexibility index (Phi) is 6.90. The highest BCUT2D eigenvalue weighted by Gasteiger charge is 2.29. The van der Waals surface area contributed by atoms with Crippen LogP contribution >= 0.6 is 0 Å². The molecule has 9 nitrogen and oxygen atoms in total. The monoisotopic (exact) mass is 462 g/mol. The van der Waals surface area contributed by atoms with Gasteiger partial charge >= 0.3 is 5.97 Å². The molecule has 3 heterocycles. The predicted octanol–water partition coefficient (Wildman–Crippen LogP) is 3.29. The molecule has 0 fully saturated rings. The summed E-state index contributed by atoms with van der Waals surface area (Å²) in [7, 11) is 1.32. The molecular formula is C25H30N6O3. The Balaban J connectivity index is 1.61. The average Bonchev–Trinajstić information content (AvgIpc) is 3.25. The van der Waals surface area contributed by atoms with Gasteiger partial charge in [0, 0.05) is 42.3 Å². The van der Waals surface area contributed by atoms with Crippen LogP contribution in [-0.4, -0.2) is 45.7 Å². The number of anilines is 1. The van der Waals surface area contributed by atoms with Crippen molar-refractivity contribution in [1.29, 1.82) is 0 Å². The third-order valence-corrected chi connectivity index (χ3v) is 6.03. The van der Waals surface area contributed by atoms with Crippen molar-refractivity contribution >= 4 is 17.7 Å². The van der Waals surface area contributed by atoms with Crippen molar-refractivity contribution in [3.05, 3.63) is 59.2 Å². The number of methoxy groups -OCH3 is 1. The molecule has 1 amide bonds. The molecule has 0 atom stereocenters. The number of amides is 1. The summed E-state index contributed by atoms with van der Waals surface area (Å²) in [4.78, 5) is 32.9. The number of nitrogens with one attached hydrogen (secondary N) is 3. The van der Waals surface area contributed by atoms with E-state index in [1.807, 2.05) is 18.2 Å². The van der Waals surface area contributed by atoms with Crippen molar-refractivity contribution in [1.82, 2.24) is 25.5 Å². The topological polar surface area (TPSA) is 122 Å². The summed E-state index contributed by atoms with van der Waals surface area (Å²) in [6, 6.07) is 7.51. The summed E-state index contributed by atoms with van der Waals surface area (Å²) in [6.45, 7) is 5.21. The third kappa shape index (κ3) is 5.59.